The molecule has 2 bridgehead atoms. The molecule has 4 heterocycles. The van der Waals surface area contributed by atoms with Crippen molar-refractivity contribution in [3.8, 4) is 0 Å². The quantitative estimate of drug-likeness (QED) is 0.491. The van der Waals surface area contributed by atoms with Crippen molar-refractivity contribution in [2.24, 2.45) is 0 Å². The summed E-state index contributed by atoms with van der Waals surface area (Å²) in [6, 6.07) is 10.5. The van der Waals surface area contributed by atoms with E-state index in [1.807, 2.05) is 37.3 Å². The molecule has 1 aromatic heterocycles. The number of likely N-dealkylation sites (N-methyl/N-ethyl adjacent to an activating group) is 1. The van der Waals surface area contributed by atoms with Crippen molar-refractivity contribution in [2.45, 2.75) is 43.7 Å². The zero-order valence-corrected chi connectivity index (χ0v) is 23.2. The Morgan fingerprint density at radius 2 is 1.77 bits per heavy atom. The minimum atomic E-state index is -0.849. The molecule has 0 saturated carbocycles. The van der Waals surface area contributed by atoms with Crippen LogP contribution in [0.15, 0.2) is 36.1 Å². The van der Waals surface area contributed by atoms with Gasteiger partial charge in [0.25, 0.3) is 0 Å². The largest absolute Gasteiger partial charge is 0.512 e. The summed E-state index contributed by atoms with van der Waals surface area (Å²) in [5.41, 5.74) is 1.63. The number of nitrogens with one attached hydrogen (secondary N) is 1. The second-order valence-electron chi connectivity index (χ2n) is 11.9. The van der Waals surface area contributed by atoms with Crippen molar-refractivity contribution in [1.82, 2.24) is 20.2 Å². The van der Waals surface area contributed by atoms with Gasteiger partial charge in [0, 0.05) is 79.2 Å². The van der Waals surface area contributed by atoms with E-state index in [0.717, 1.165) is 69.1 Å². The van der Waals surface area contributed by atoms with Crippen LogP contribution in [0.5, 0.6) is 0 Å². The molecule has 0 amide bonds. The molecule has 3 saturated heterocycles. The monoisotopic (exact) mass is 548 g/mol. The average Bonchev–Trinajstić information content (AvgIpc) is 3.25. The summed E-state index contributed by atoms with van der Waals surface area (Å²) in [6.45, 7) is 7.01. The Labute approximate surface area is 233 Å². The van der Waals surface area contributed by atoms with Gasteiger partial charge in [-0.15, -0.1) is 0 Å². The number of halogens is 2. The number of anilines is 2. The molecule has 204 valence electrons. The van der Waals surface area contributed by atoms with Gasteiger partial charge in [-0.05, 0) is 43.2 Å². The first kappa shape index (κ1) is 25.1. The van der Waals surface area contributed by atoms with E-state index < -0.39 is 11.2 Å². The molecule has 9 heteroatoms. The normalized spacial score (nSPS) is 27.1. The highest BCUT2D eigenvalue weighted by atomic mass is 35.5. The number of hydrogen-bond acceptors (Lipinski definition) is 7. The van der Waals surface area contributed by atoms with Gasteiger partial charge in [-0.25, -0.2) is 9.37 Å². The lowest BCUT2D eigenvalue weighted by atomic mass is 9.68. The van der Waals surface area contributed by atoms with Crippen LogP contribution in [0.4, 0.5) is 16.2 Å². The summed E-state index contributed by atoms with van der Waals surface area (Å²) in [5.74, 6) is 1.11. The number of piperazine rings is 2. The van der Waals surface area contributed by atoms with Crippen LogP contribution < -0.4 is 15.1 Å². The van der Waals surface area contributed by atoms with Crippen LogP contribution in [0.3, 0.4) is 0 Å². The van der Waals surface area contributed by atoms with Crippen LogP contribution in [0.25, 0.3) is 17.0 Å². The Kier molecular flexibility index (Phi) is 5.99. The summed E-state index contributed by atoms with van der Waals surface area (Å²) < 4.78 is 17.0. The Balaban J connectivity index is 1.43. The van der Waals surface area contributed by atoms with Crippen LogP contribution in [-0.4, -0.2) is 78.4 Å². The Bertz CT molecular complexity index is 1480. The first-order chi connectivity index (χ1) is 18.8. The zero-order chi connectivity index (χ0) is 26.9. The number of fused-ring (bicyclic) bond motifs is 4. The number of nitrogens with zero attached hydrogens (tertiary/aromatic N) is 5. The first-order valence-corrected chi connectivity index (χ1v) is 14.3. The van der Waals surface area contributed by atoms with Gasteiger partial charge in [0.05, 0.1) is 5.76 Å². The van der Waals surface area contributed by atoms with E-state index in [4.69, 9.17) is 21.6 Å². The summed E-state index contributed by atoms with van der Waals surface area (Å²) in [5, 5.41) is 15.4. The molecule has 3 atom stereocenters. The van der Waals surface area contributed by atoms with Gasteiger partial charge >= 0.3 is 0 Å². The van der Waals surface area contributed by atoms with Gasteiger partial charge in [-0.3, -0.25) is 0 Å². The van der Waals surface area contributed by atoms with Crippen LogP contribution >= 0.6 is 11.6 Å². The molecule has 2 N–H and O–H groups in total. The molecule has 0 spiro atoms. The van der Waals surface area contributed by atoms with Crippen molar-refractivity contribution < 1.29 is 9.50 Å². The van der Waals surface area contributed by atoms with Gasteiger partial charge in [0.2, 0.25) is 5.95 Å². The summed E-state index contributed by atoms with van der Waals surface area (Å²) in [6.07, 6.45) is 4.30. The number of aliphatic hydroxyl groups is 1. The van der Waals surface area contributed by atoms with E-state index in [1.165, 1.54) is 0 Å². The van der Waals surface area contributed by atoms with Gasteiger partial charge in [0.1, 0.15) is 11.3 Å². The van der Waals surface area contributed by atoms with Crippen molar-refractivity contribution >= 4 is 40.3 Å². The fourth-order valence-electron chi connectivity index (χ4n) is 7.07. The molecular formula is C30H34ClFN6O. The minimum Gasteiger partial charge on any atom is -0.512 e. The lowest BCUT2D eigenvalue weighted by Crippen LogP contribution is -2.51. The predicted octanol–water partition coefficient (Wildman–Crippen LogP) is 4.72. The van der Waals surface area contributed by atoms with E-state index in [-0.39, 0.29) is 12.2 Å². The maximum atomic E-state index is 17.0. The molecule has 4 aliphatic rings. The number of aliphatic hydroxyl groups excluding tert-OH is 1. The summed E-state index contributed by atoms with van der Waals surface area (Å²) in [7, 11) is 2.11. The molecule has 3 aromatic rings. The SMILES string of the molecule is CN1CCN(c2nc(N3CC4CCC(C3)N4)c3cc(Cl)c(C4(C)CC(O)=Cc5ccccc54)c(F)c3n2)CC1. The van der Waals surface area contributed by atoms with Crippen molar-refractivity contribution in [3.05, 3.63) is 63.6 Å². The van der Waals surface area contributed by atoms with Crippen molar-refractivity contribution in [2.75, 3.05) is 56.1 Å². The van der Waals surface area contributed by atoms with E-state index in [1.54, 1.807) is 6.08 Å². The Morgan fingerprint density at radius 3 is 2.51 bits per heavy atom. The molecule has 3 unspecified atom stereocenters. The number of rotatable bonds is 3. The topological polar surface area (TPSA) is 67.8 Å². The highest BCUT2D eigenvalue weighted by Gasteiger charge is 2.40. The molecule has 3 aliphatic heterocycles. The Morgan fingerprint density at radius 1 is 1.05 bits per heavy atom. The fourth-order valence-corrected chi connectivity index (χ4v) is 7.47. The van der Waals surface area contributed by atoms with Crippen molar-refractivity contribution in [1.29, 1.82) is 0 Å². The van der Waals surface area contributed by atoms with E-state index in [2.05, 4.69) is 27.1 Å². The Hall–Kier alpha value is -2.94. The van der Waals surface area contributed by atoms with Crippen LogP contribution in [0.2, 0.25) is 5.02 Å². The molecule has 7 rings (SSSR count). The van der Waals surface area contributed by atoms with E-state index in [0.29, 0.717) is 39.5 Å². The fraction of sp³-hybridized carbons (Fsp3) is 0.467. The standard InChI is InChI=1S/C30H34ClFN6O/c1-30(15-21(39)13-18-5-3-4-6-23(18)30)25-24(31)14-22-27(26(25)32)34-29(37-11-9-36(2)10-12-37)35-28(22)38-16-19-7-8-20(17-38)33-19/h3-6,13-14,19-20,33,39H,7-12,15-17H2,1-2H3. The smallest absolute Gasteiger partial charge is 0.228 e. The third-order valence-corrected chi connectivity index (χ3v) is 9.42. The molecule has 3 fully saturated rings. The second-order valence-corrected chi connectivity index (χ2v) is 12.3. The summed E-state index contributed by atoms with van der Waals surface area (Å²) in [4.78, 5) is 16.7. The number of allylic oxidation sites excluding steroid dienone is 1. The van der Waals surface area contributed by atoms with Crippen molar-refractivity contribution in [3.63, 3.8) is 0 Å². The lowest BCUT2D eigenvalue weighted by Gasteiger charge is -2.37. The van der Waals surface area contributed by atoms with Crippen LogP contribution in [0, 0.1) is 5.82 Å². The van der Waals surface area contributed by atoms with E-state index >= 15 is 4.39 Å². The molecule has 7 nitrogen and oxygen atoms in total. The van der Waals surface area contributed by atoms with Gasteiger partial charge in [-0.1, -0.05) is 42.8 Å². The third kappa shape index (κ3) is 4.15. The maximum absolute atomic E-state index is 17.0. The van der Waals surface area contributed by atoms with Gasteiger partial charge in [-0.2, -0.15) is 4.98 Å². The van der Waals surface area contributed by atoms with Gasteiger partial charge < -0.3 is 25.1 Å². The molecule has 0 radical (unpaired) electrons. The van der Waals surface area contributed by atoms with E-state index in [9.17, 15) is 5.11 Å². The van der Waals surface area contributed by atoms with Gasteiger partial charge in [0.15, 0.2) is 5.82 Å². The molecule has 39 heavy (non-hydrogen) atoms. The zero-order valence-electron chi connectivity index (χ0n) is 22.4. The van der Waals surface area contributed by atoms with Crippen LogP contribution in [-0.2, 0) is 5.41 Å². The molecular weight excluding hydrogens is 515 g/mol. The number of hydrogen-bond donors (Lipinski definition) is 2. The van der Waals surface area contributed by atoms with Crippen LogP contribution in [0.1, 0.15) is 42.9 Å². The predicted molar refractivity (Wildman–Crippen MR) is 154 cm³/mol. The highest BCUT2D eigenvalue weighted by Crippen LogP contribution is 2.48. The average molecular weight is 549 g/mol. The minimum absolute atomic E-state index is 0.213. The molecule has 2 aromatic carbocycles. The molecule has 1 aliphatic carbocycles. The summed E-state index contributed by atoms with van der Waals surface area (Å²) >= 11 is 6.99. The third-order valence-electron chi connectivity index (χ3n) is 9.12. The number of benzene rings is 2. The highest BCUT2D eigenvalue weighted by molar-refractivity contribution is 6.32. The lowest BCUT2D eigenvalue weighted by molar-refractivity contribution is 0.311. The second kappa shape index (κ2) is 9.32. The first-order valence-electron chi connectivity index (χ1n) is 13.9. The maximum Gasteiger partial charge on any atom is 0.228 e. The number of aromatic nitrogens is 2.